The maximum Gasteiger partial charge on any atom is 0.180 e. The van der Waals surface area contributed by atoms with Crippen LogP contribution in [0.1, 0.15) is 57.4 Å². The smallest absolute Gasteiger partial charge is 0.180 e. The summed E-state index contributed by atoms with van der Waals surface area (Å²) in [7, 11) is 0. The van der Waals surface area contributed by atoms with Gasteiger partial charge in [-0.25, -0.2) is 4.68 Å². The third-order valence-electron chi connectivity index (χ3n) is 4.12. The first kappa shape index (κ1) is 17.3. The first-order valence-electron chi connectivity index (χ1n) is 8.20. The minimum atomic E-state index is -1.11. The Morgan fingerprint density at radius 3 is 2.55 bits per heavy atom. The summed E-state index contributed by atoms with van der Waals surface area (Å²) in [5.74, 6) is 0. The first-order valence-corrected chi connectivity index (χ1v) is 8.20. The maximum atomic E-state index is 9.94. The molecule has 1 aromatic heterocycles. The van der Waals surface area contributed by atoms with Crippen LogP contribution < -0.4 is 0 Å². The molecule has 0 aliphatic carbocycles. The molecule has 7 nitrogen and oxygen atoms in total. The molecule has 2 rings (SSSR count). The minimum Gasteiger partial charge on any atom is -0.394 e. The van der Waals surface area contributed by atoms with Gasteiger partial charge >= 0.3 is 0 Å². The monoisotopic (exact) mass is 313 g/mol. The molecule has 1 aromatic rings. The van der Waals surface area contributed by atoms with E-state index in [4.69, 9.17) is 9.84 Å². The Morgan fingerprint density at radius 1 is 1.14 bits per heavy atom. The van der Waals surface area contributed by atoms with Gasteiger partial charge in [-0.05, 0) is 12.8 Å². The van der Waals surface area contributed by atoms with Crippen LogP contribution in [-0.2, 0) is 11.2 Å². The summed E-state index contributed by atoms with van der Waals surface area (Å²) >= 11 is 0. The lowest BCUT2D eigenvalue weighted by Crippen LogP contribution is -2.33. The summed E-state index contributed by atoms with van der Waals surface area (Å²) in [5.41, 5.74) is 0.855. The molecule has 0 unspecified atom stereocenters. The topological polar surface area (TPSA) is 101 Å². The molecule has 0 bridgehead atoms. The number of ether oxygens (including phenoxy) is 1. The van der Waals surface area contributed by atoms with Crippen LogP contribution in [0.4, 0.5) is 0 Å². The molecule has 0 saturated carbocycles. The molecular weight excluding hydrogens is 286 g/mol. The average Bonchev–Trinajstić information content (AvgIpc) is 3.09. The fourth-order valence-electron chi connectivity index (χ4n) is 2.74. The van der Waals surface area contributed by atoms with Gasteiger partial charge in [0.25, 0.3) is 0 Å². The molecule has 126 valence electrons. The normalized spacial score (nSPS) is 28.4. The summed E-state index contributed by atoms with van der Waals surface area (Å²) in [6, 6.07) is 0. The highest BCUT2D eigenvalue weighted by Crippen LogP contribution is 2.28. The summed E-state index contributed by atoms with van der Waals surface area (Å²) in [5, 5.41) is 36.8. The third-order valence-corrected chi connectivity index (χ3v) is 4.12. The van der Waals surface area contributed by atoms with E-state index in [2.05, 4.69) is 17.2 Å². The van der Waals surface area contributed by atoms with Crippen molar-refractivity contribution in [3.05, 3.63) is 11.9 Å². The van der Waals surface area contributed by atoms with Crippen LogP contribution in [0.5, 0.6) is 0 Å². The summed E-state index contributed by atoms with van der Waals surface area (Å²) in [6.45, 7) is 1.87. The van der Waals surface area contributed by atoms with E-state index >= 15 is 0 Å². The Balaban J connectivity index is 1.79. The van der Waals surface area contributed by atoms with Crippen molar-refractivity contribution in [1.82, 2.24) is 15.0 Å². The second kappa shape index (κ2) is 8.57. The molecule has 7 heteroatoms. The zero-order chi connectivity index (χ0) is 15.9. The molecule has 1 aliphatic heterocycles. The number of hydrogen-bond acceptors (Lipinski definition) is 6. The largest absolute Gasteiger partial charge is 0.394 e. The van der Waals surface area contributed by atoms with Crippen molar-refractivity contribution in [3.63, 3.8) is 0 Å². The fraction of sp³-hybridized carbons (Fsp3) is 0.867. The Kier molecular flexibility index (Phi) is 6.75. The molecule has 0 aromatic carbocycles. The maximum absolute atomic E-state index is 9.94. The molecule has 1 saturated heterocycles. The second-order valence-electron chi connectivity index (χ2n) is 5.94. The predicted molar refractivity (Wildman–Crippen MR) is 80.1 cm³/mol. The molecular formula is C15H27N3O4. The molecule has 0 radical (unpaired) electrons. The number of rotatable bonds is 9. The van der Waals surface area contributed by atoms with E-state index in [1.165, 1.54) is 36.8 Å². The molecule has 22 heavy (non-hydrogen) atoms. The highest BCUT2D eigenvalue weighted by molar-refractivity contribution is 4.96. The summed E-state index contributed by atoms with van der Waals surface area (Å²) < 4.78 is 6.84. The summed E-state index contributed by atoms with van der Waals surface area (Å²) in [6.07, 6.45) is 6.11. The Hall–Kier alpha value is -1.02. The Bertz CT molecular complexity index is 440. The van der Waals surface area contributed by atoms with Crippen LogP contribution in [0.15, 0.2) is 6.20 Å². The van der Waals surface area contributed by atoms with Crippen molar-refractivity contribution in [1.29, 1.82) is 0 Å². The first-order chi connectivity index (χ1) is 10.7. The predicted octanol–water partition coefficient (Wildman–Crippen LogP) is 0.793. The van der Waals surface area contributed by atoms with Crippen molar-refractivity contribution in [2.45, 2.75) is 76.4 Å². The number of hydrogen-bond donors (Lipinski definition) is 3. The number of nitrogens with zero attached hydrogens (tertiary/aromatic N) is 3. The number of aliphatic hydroxyl groups excluding tert-OH is 3. The number of aryl methyl sites for hydroxylation is 1. The zero-order valence-electron chi connectivity index (χ0n) is 13.1. The van der Waals surface area contributed by atoms with Crippen LogP contribution >= 0.6 is 0 Å². The third kappa shape index (κ3) is 4.25. The van der Waals surface area contributed by atoms with Crippen LogP contribution in [-0.4, -0.2) is 55.2 Å². The second-order valence-corrected chi connectivity index (χ2v) is 5.94. The van der Waals surface area contributed by atoms with Crippen LogP contribution in [0.2, 0.25) is 0 Å². The van der Waals surface area contributed by atoms with Crippen LogP contribution in [0.3, 0.4) is 0 Å². The van der Waals surface area contributed by atoms with Crippen LogP contribution in [0, 0.1) is 0 Å². The van der Waals surface area contributed by atoms with Gasteiger partial charge in [-0.15, -0.1) is 5.10 Å². The number of aliphatic hydroxyl groups is 3. The lowest BCUT2D eigenvalue weighted by molar-refractivity contribution is -0.0594. The molecule has 2 heterocycles. The van der Waals surface area contributed by atoms with Gasteiger partial charge in [-0.1, -0.05) is 44.2 Å². The van der Waals surface area contributed by atoms with Gasteiger partial charge in [0.2, 0.25) is 0 Å². The van der Waals surface area contributed by atoms with E-state index in [1.54, 1.807) is 6.20 Å². The lowest BCUT2D eigenvalue weighted by Gasteiger charge is -2.13. The van der Waals surface area contributed by atoms with Gasteiger partial charge in [0, 0.05) is 0 Å². The van der Waals surface area contributed by atoms with Gasteiger partial charge in [0.1, 0.15) is 18.3 Å². The standard InChI is InChI=1S/C15H27N3O4/c1-2-3-4-5-6-7-8-11-9-18(17-16-11)15-14(21)13(20)12(10-19)22-15/h9,12-15,19-21H,2-8,10H2,1H3/t12-,13-,14-,15-/m1/s1. The van der Waals surface area contributed by atoms with E-state index in [1.807, 2.05) is 0 Å². The van der Waals surface area contributed by atoms with Crippen molar-refractivity contribution >= 4 is 0 Å². The van der Waals surface area contributed by atoms with E-state index in [-0.39, 0.29) is 6.61 Å². The van der Waals surface area contributed by atoms with Crippen molar-refractivity contribution in [2.75, 3.05) is 6.61 Å². The fourth-order valence-corrected chi connectivity index (χ4v) is 2.74. The Morgan fingerprint density at radius 2 is 1.86 bits per heavy atom. The molecule has 1 fully saturated rings. The molecule has 4 atom stereocenters. The van der Waals surface area contributed by atoms with Gasteiger partial charge in [-0.3, -0.25) is 0 Å². The van der Waals surface area contributed by atoms with Gasteiger partial charge in [-0.2, -0.15) is 0 Å². The van der Waals surface area contributed by atoms with Gasteiger partial charge in [0.15, 0.2) is 6.23 Å². The minimum absolute atomic E-state index is 0.339. The molecule has 3 N–H and O–H groups in total. The zero-order valence-corrected chi connectivity index (χ0v) is 13.1. The number of unbranched alkanes of at least 4 members (excludes halogenated alkanes) is 5. The summed E-state index contributed by atoms with van der Waals surface area (Å²) in [4.78, 5) is 0. The SMILES string of the molecule is CCCCCCCCc1cn([C@@H]2O[C@H](CO)[C@@H](O)[C@H]2O)nn1. The highest BCUT2D eigenvalue weighted by Gasteiger charge is 2.43. The van der Waals surface area contributed by atoms with Crippen molar-refractivity contribution < 1.29 is 20.1 Å². The van der Waals surface area contributed by atoms with Crippen molar-refractivity contribution in [2.24, 2.45) is 0 Å². The Labute approximate surface area is 130 Å². The van der Waals surface area contributed by atoms with E-state index in [9.17, 15) is 10.2 Å². The quantitative estimate of drug-likeness (QED) is 0.583. The van der Waals surface area contributed by atoms with Crippen LogP contribution in [0.25, 0.3) is 0 Å². The van der Waals surface area contributed by atoms with Crippen molar-refractivity contribution in [3.8, 4) is 0 Å². The average molecular weight is 313 g/mol. The molecule has 0 amide bonds. The van der Waals surface area contributed by atoms with E-state index < -0.39 is 24.5 Å². The van der Waals surface area contributed by atoms with Gasteiger partial charge < -0.3 is 20.1 Å². The van der Waals surface area contributed by atoms with E-state index in [0.717, 1.165) is 18.5 Å². The molecule has 0 spiro atoms. The van der Waals surface area contributed by atoms with Gasteiger partial charge in [0.05, 0.1) is 18.5 Å². The lowest BCUT2D eigenvalue weighted by atomic mass is 10.1. The van der Waals surface area contributed by atoms with E-state index in [0.29, 0.717) is 0 Å². The number of aromatic nitrogens is 3. The highest BCUT2D eigenvalue weighted by atomic mass is 16.6. The molecule has 1 aliphatic rings.